The van der Waals surface area contributed by atoms with Crippen LogP contribution in [0.4, 0.5) is 5.82 Å². The molecule has 29 heavy (non-hydrogen) atoms. The molecule has 0 radical (unpaired) electrons. The van der Waals surface area contributed by atoms with Gasteiger partial charge in [0.25, 0.3) is 0 Å². The normalized spacial score (nSPS) is 11.8. The number of aryl methyl sites for hydroxylation is 2. The zero-order valence-electron chi connectivity index (χ0n) is 17.4. The maximum atomic E-state index is 12.0. The number of anilines is 1. The molecule has 158 valence electrons. The van der Waals surface area contributed by atoms with E-state index in [9.17, 15) is 4.79 Å². The molecular weight excluding hydrogens is 481 g/mol. The van der Waals surface area contributed by atoms with Crippen molar-refractivity contribution in [1.82, 2.24) is 15.6 Å². The summed E-state index contributed by atoms with van der Waals surface area (Å²) in [6, 6.07) is 11.7. The van der Waals surface area contributed by atoms with Crippen LogP contribution in [0.1, 0.15) is 24.5 Å². The number of carbonyl (C=O) groups is 1. The highest BCUT2D eigenvalue weighted by Gasteiger charge is 2.07. The molecular formula is C21H30IN5O2. The zero-order chi connectivity index (χ0) is 20.4. The minimum absolute atomic E-state index is 0. The van der Waals surface area contributed by atoms with Crippen molar-refractivity contribution in [2.24, 2.45) is 4.99 Å². The molecule has 0 saturated carbocycles. The molecule has 0 aliphatic rings. The maximum absolute atomic E-state index is 12.0. The van der Waals surface area contributed by atoms with Crippen molar-refractivity contribution in [2.75, 3.05) is 25.5 Å². The van der Waals surface area contributed by atoms with E-state index in [1.54, 1.807) is 19.3 Å². The van der Waals surface area contributed by atoms with Gasteiger partial charge >= 0.3 is 0 Å². The molecule has 1 aromatic heterocycles. The number of amides is 1. The average molecular weight is 511 g/mol. The molecule has 1 unspecified atom stereocenters. The summed E-state index contributed by atoms with van der Waals surface area (Å²) in [5, 5.41) is 9.10. The van der Waals surface area contributed by atoms with Crippen LogP contribution in [0.5, 0.6) is 5.75 Å². The molecule has 2 rings (SSSR count). The summed E-state index contributed by atoms with van der Waals surface area (Å²) in [6.45, 7) is 7.03. The van der Waals surface area contributed by atoms with E-state index in [1.807, 2.05) is 51.1 Å². The van der Waals surface area contributed by atoms with E-state index in [-0.39, 0.29) is 36.0 Å². The lowest BCUT2D eigenvalue weighted by Gasteiger charge is -2.18. The molecule has 0 aliphatic heterocycles. The number of ether oxygens (including phenoxy) is 1. The molecule has 1 amide bonds. The highest BCUT2D eigenvalue weighted by atomic mass is 127. The Morgan fingerprint density at radius 1 is 1.17 bits per heavy atom. The molecule has 1 atom stereocenters. The van der Waals surface area contributed by atoms with Crippen LogP contribution < -0.4 is 20.7 Å². The largest absolute Gasteiger partial charge is 0.489 e. The van der Waals surface area contributed by atoms with Crippen LogP contribution in [0.25, 0.3) is 0 Å². The summed E-state index contributed by atoms with van der Waals surface area (Å²) < 4.78 is 5.89. The van der Waals surface area contributed by atoms with Crippen molar-refractivity contribution in [3.63, 3.8) is 0 Å². The summed E-state index contributed by atoms with van der Waals surface area (Å²) in [5.41, 5.74) is 2.21. The zero-order valence-corrected chi connectivity index (χ0v) is 19.7. The Hall–Kier alpha value is -2.36. The standard InChI is InChI=1S/C21H29N5O2.HI/c1-15-6-5-7-18(12-15)28-17(3)14-25-21(22-4)23-11-10-20(27)26-19-9-8-16(2)13-24-19;/h5-9,12-13,17H,10-11,14H2,1-4H3,(H2,22,23,25)(H,24,26,27);1H. The lowest BCUT2D eigenvalue weighted by molar-refractivity contribution is -0.116. The predicted molar refractivity (Wildman–Crippen MR) is 128 cm³/mol. The van der Waals surface area contributed by atoms with Gasteiger partial charge in [0.05, 0.1) is 6.54 Å². The smallest absolute Gasteiger partial charge is 0.227 e. The van der Waals surface area contributed by atoms with E-state index in [2.05, 4.69) is 25.9 Å². The quantitative estimate of drug-likeness (QED) is 0.288. The number of benzene rings is 1. The molecule has 0 spiro atoms. The number of aliphatic imine (C=N–C) groups is 1. The molecule has 0 aliphatic carbocycles. The van der Waals surface area contributed by atoms with Gasteiger partial charge in [0.15, 0.2) is 5.96 Å². The van der Waals surface area contributed by atoms with E-state index in [4.69, 9.17) is 4.74 Å². The fourth-order valence-electron chi connectivity index (χ4n) is 2.47. The van der Waals surface area contributed by atoms with E-state index in [0.717, 1.165) is 16.9 Å². The van der Waals surface area contributed by atoms with Crippen LogP contribution in [0.3, 0.4) is 0 Å². The Morgan fingerprint density at radius 3 is 2.62 bits per heavy atom. The van der Waals surface area contributed by atoms with Gasteiger partial charge in [-0.05, 0) is 50.1 Å². The fraction of sp³-hybridized carbons (Fsp3) is 0.381. The third kappa shape index (κ3) is 9.60. The van der Waals surface area contributed by atoms with Crippen LogP contribution >= 0.6 is 24.0 Å². The van der Waals surface area contributed by atoms with Gasteiger partial charge in [-0.15, -0.1) is 24.0 Å². The number of guanidine groups is 1. The molecule has 1 aromatic carbocycles. The Morgan fingerprint density at radius 2 is 1.97 bits per heavy atom. The minimum Gasteiger partial charge on any atom is -0.489 e. The minimum atomic E-state index is -0.101. The number of aromatic nitrogens is 1. The first kappa shape index (κ1) is 24.7. The Bertz CT molecular complexity index is 796. The molecule has 3 N–H and O–H groups in total. The van der Waals surface area contributed by atoms with Gasteiger partial charge in [-0.25, -0.2) is 4.98 Å². The molecule has 2 aromatic rings. The van der Waals surface area contributed by atoms with Gasteiger partial charge in [-0.2, -0.15) is 0 Å². The summed E-state index contributed by atoms with van der Waals surface area (Å²) in [6.07, 6.45) is 2.00. The summed E-state index contributed by atoms with van der Waals surface area (Å²) >= 11 is 0. The van der Waals surface area contributed by atoms with E-state index in [1.165, 1.54) is 0 Å². The second kappa shape index (κ2) is 13.0. The highest BCUT2D eigenvalue weighted by Crippen LogP contribution is 2.13. The van der Waals surface area contributed by atoms with Gasteiger partial charge in [-0.1, -0.05) is 18.2 Å². The Labute approximate surface area is 189 Å². The van der Waals surface area contributed by atoms with Crippen molar-refractivity contribution in [3.05, 3.63) is 53.7 Å². The maximum Gasteiger partial charge on any atom is 0.227 e. The monoisotopic (exact) mass is 511 g/mol. The molecule has 0 saturated heterocycles. The third-order valence-electron chi connectivity index (χ3n) is 3.93. The third-order valence-corrected chi connectivity index (χ3v) is 3.93. The van der Waals surface area contributed by atoms with Crippen molar-refractivity contribution < 1.29 is 9.53 Å². The van der Waals surface area contributed by atoms with Crippen LogP contribution in [-0.2, 0) is 4.79 Å². The SMILES string of the molecule is CN=C(NCCC(=O)Nc1ccc(C)cn1)NCC(C)Oc1cccc(C)c1.I. The Balaban J connectivity index is 0.00000420. The van der Waals surface area contributed by atoms with Gasteiger partial charge < -0.3 is 20.7 Å². The number of nitrogens with one attached hydrogen (secondary N) is 3. The molecule has 7 nitrogen and oxygen atoms in total. The van der Waals surface area contributed by atoms with Crippen LogP contribution in [0.2, 0.25) is 0 Å². The summed E-state index contributed by atoms with van der Waals surface area (Å²) in [7, 11) is 1.69. The lowest BCUT2D eigenvalue weighted by atomic mass is 10.2. The van der Waals surface area contributed by atoms with Gasteiger partial charge in [0.1, 0.15) is 17.7 Å². The number of carbonyl (C=O) groups excluding carboxylic acids is 1. The molecule has 1 heterocycles. The van der Waals surface area contributed by atoms with E-state index >= 15 is 0 Å². The number of hydrogen-bond donors (Lipinski definition) is 3. The Kier molecular flexibility index (Phi) is 11.0. The molecule has 0 fully saturated rings. The lowest BCUT2D eigenvalue weighted by Crippen LogP contribution is -2.42. The first-order valence-corrected chi connectivity index (χ1v) is 9.36. The second-order valence-corrected chi connectivity index (χ2v) is 6.64. The summed E-state index contributed by atoms with van der Waals surface area (Å²) in [5.74, 6) is 1.93. The van der Waals surface area contributed by atoms with Crippen LogP contribution in [0.15, 0.2) is 47.6 Å². The first-order valence-electron chi connectivity index (χ1n) is 9.36. The van der Waals surface area contributed by atoms with Gasteiger partial charge in [0, 0.05) is 26.2 Å². The summed E-state index contributed by atoms with van der Waals surface area (Å²) in [4.78, 5) is 20.3. The van der Waals surface area contributed by atoms with Crippen LogP contribution in [0, 0.1) is 13.8 Å². The average Bonchev–Trinajstić information content (AvgIpc) is 2.66. The van der Waals surface area contributed by atoms with Gasteiger partial charge in [-0.3, -0.25) is 9.79 Å². The van der Waals surface area contributed by atoms with E-state index in [0.29, 0.717) is 31.3 Å². The second-order valence-electron chi connectivity index (χ2n) is 6.64. The predicted octanol–water partition coefficient (Wildman–Crippen LogP) is 3.28. The van der Waals surface area contributed by atoms with Crippen molar-refractivity contribution in [1.29, 1.82) is 0 Å². The number of nitrogens with zero attached hydrogens (tertiary/aromatic N) is 2. The molecule has 0 bridgehead atoms. The number of pyridine rings is 1. The van der Waals surface area contributed by atoms with Crippen molar-refractivity contribution >= 4 is 41.7 Å². The van der Waals surface area contributed by atoms with Crippen molar-refractivity contribution in [3.8, 4) is 5.75 Å². The number of rotatable bonds is 8. The van der Waals surface area contributed by atoms with Gasteiger partial charge in [0.2, 0.25) is 5.91 Å². The number of hydrogen-bond acceptors (Lipinski definition) is 4. The highest BCUT2D eigenvalue weighted by molar-refractivity contribution is 14.0. The first-order chi connectivity index (χ1) is 13.5. The topological polar surface area (TPSA) is 87.6 Å². The van der Waals surface area contributed by atoms with E-state index < -0.39 is 0 Å². The molecule has 8 heteroatoms. The fourth-order valence-corrected chi connectivity index (χ4v) is 2.47. The van der Waals surface area contributed by atoms with Crippen molar-refractivity contribution in [2.45, 2.75) is 33.3 Å². The number of halogens is 1. The van der Waals surface area contributed by atoms with Crippen LogP contribution in [-0.4, -0.2) is 43.1 Å².